The fraction of sp³-hybridized carbons (Fsp3) is 0.235. The molecule has 0 saturated carbocycles. The maximum absolute atomic E-state index is 12.3. The first-order chi connectivity index (χ1) is 10.3. The number of anilines is 2. The number of benzene rings is 2. The maximum Gasteiger partial charge on any atom is 0.255 e. The highest BCUT2D eigenvalue weighted by atomic mass is 16.5. The van der Waals surface area contributed by atoms with Gasteiger partial charge in [-0.15, -0.1) is 0 Å². The van der Waals surface area contributed by atoms with Crippen molar-refractivity contribution < 1.29 is 9.53 Å². The van der Waals surface area contributed by atoms with Gasteiger partial charge in [-0.2, -0.15) is 0 Å². The number of fused-ring (bicyclic) bond motifs is 2. The third-order valence-electron chi connectivity index (χ3n) is 4.06. The van der Waals surface area contributed by atoms with Gasteiger partial charge in [-0.05, 0) is 53.4 Å². The van der Waals surface area contributed by atoms with E-state index in [4.69, 9.17) is 4.74 Å². The highest BCUT2D eigenvalue weighted by molar-refractivity contribution is 6.04. The first-order valence-corrected chi connectivity index (χ1v) is 7.17. The van der Waals surface area contributed by atoms with E-state index in [2.05, 4.69) is 10.6 Å². The Morgan fingerprint density at radius 1 is 1.05 bits per heavy atom. The molecule has 21 heavy (non-hydrogen) atoms. The lowest BCUT2D eigenvalue weighted by Gasteiger charge is -2.08. The van der Waals surface area contributed by atoms with Crippen LogP contribution in [0.4, 0.5) is 11.4 Å². The molecule has 4 rings (SSSR count). The van der Waals surface area contributed by atoms with Crippen molar-refractivity contribution in [2.45, 2.75) is 19.6 Å². The van der Waals surface area contributed by atoms with Gasteiger partial charge in [-0.3, -0.25) is 4.79 Å². The average molecular weight is 280 g/mol. The molecule has 2 aliphatic heterocycles. The average Bonchev–Trinajstić information content (AvgIpc) is 3.14. The summed E-state index contributed by atoms with van der Waals surface area (Å²) in [4.78, 5) is 12.3. The second kappa shape index (κ2) is 4.90. The number of carbonyl (C=O) groups excluding carboxylic acids is 1. The molecule has 0 unspecified atom stereocenters. The summed E-state index contributed by atoms with van der Waals surface area (Å²) in [6, 6.07) is 11.8. The third-order valence-corrected chi connectivity index (χ3v) is 4.06. The fourth-order valence-electron chi connectivity index (χ4n) is 2.90. The van der Waals surface area contributed by atoms with E-state index in [1.54, 1.807) is 0 Å². The molecule has 2 aromatic rings. The normalized spacial score (nSPS) is 15.2. The second-order valence-corrected chi connectivity index (χ2v) is 5.48. The number of carbonyl (C=O) groups is 1. The highest BCUT2D eigenvalue weighted by Gasteiger charge is 2.15. The van der Waals surface area contributed by atoms with Gasteiger partial charge >= 0.3 is 0 Å². The topological polar surface area (TPSA) is 50.4 Å². The highest BCUT2D eigenvalue weighted by Crippen LogP contribution is 2.26. The Morgan fingerprint density at radius 2 is 1.95 bits per heavy atom. The Bertz CT molecular complexity index is 725. The zero-order chi connectivity index (χ0) is 14.2. The van der Waals surface area contributed by atoms with Gasteiger partial charge in [-0.25, -0.2) is 0 Å². The molecule has 4 heteroatoms. The third kappa shape index (κ3) is 2.28. The maximum atomic E-state index is 12.3. The van der Waals surface area contributed by atoms with E-state index in [1.165, 1.54) is 16.8 Å². The summed E-state index contributed by atoms with van der Waals surface area (Å²) in [5.74, 6) is -0.0735. The predicted molar refractivity (Wildman–Crippen MR) is 81.5 cm³/mol. The molecular weight excluding hydrogens is 264 g/mol. The molecule has 0 spiro atoms. The van der Waals surface area contributed by atoms with Crippen LogP contribution < -0.4 is 10.6 Å². The monoisotopic (exact) mass is 280 g/mol. The van der Waals surface area contributed by atoms with Gasteiger partial charge < -0.3 is 15.4 Å². The Hall–Kier alpha value is -2.33. The van der Waals surface area contributed by atoms with Crippen LogP contribution in [0.2, 0.25) is 0 Å². The first kappa shape index (κ1) is 12.4. The number of nitrogens with one attached hydrogen (secondary N) is 2. The van der Waals surface area contributed by atoms with Gasteiger partial charge in [0.05, 0.1) is 13.2 Å². The lowest BCUT2D eigenvalue weighted by atomic mass is 10.1. The smallest absolute Gasteiger partial charge is 0.255 e. The zero-order valence-corrected chi connectivity index (χ0v) is 11.6. The molecule has 106 valence electrons. The van der Waals surface area contributed by atoms with Crippen molar-refractivity contribution in [1.29, 1.82) is 0 Å². The van der Waals surface area contributed by atoms with Crippen molar-refractivity contribution in [3.05, 3.63) is 58.7 Å². The summed E-state index contributed by atoms with van der Waals surface area (Å²) >= 11 is 0. The predicted octanol–water partition coefficient (Wildman–Crippen LogP) is 2.94. The number of hydrogen-bond donors (Lipinski definition) is 2. The molecule has 2 aromatic carbocycles. The Morgan fingerprint density at radius 3 is 2.90 bits per heavy atom. The standard InChI is InChI=1S/C17H16N2O2/c20-17(12-1-2-13-9-21-10-14(13)7-12)19-15-3-4-16-11(8-15)5-6-18-16/h1-4,7-8,18H,5-6,9-10H2,(H,19,20). The summed E-state index contributed by atoms with van der Waals surface area (Å²) in [6.45, 7) is 2.22. The quantitative estimate of drug-likeness (QED) is 0.889. The number of amides is 1. The number of hydrogen-bond acceptors (Lipinski definition) is 3. The molecular formula is C17H16N2O2. The van der Waals surface area contributed by atoms with E-state index in [1.807, 2.05) is 36.4 Å². The Kier molecular flexibility index (Phi) is 2.89. The SMILES string of the molecule is O=C(Nc1ccc2c(c1)CCN2)c1ccc2c(c1)COC2. The van der Waals surface area contributed by atoms with Crippen LogP contribution in [-0.2, 0) is 24.4 Å². The summed E-state index contributed by atoms with van der Waals surface area (Å²) in [6.07, 6.45) is 1.01. The zero-order valence-electron chi connectivity index (χ0n) is 11.6. The van der Waals surface area contributed by atoms with Crippen molar-refractivity contribution in [3.8, 4) is 0 Å². The van der Waals surface area contributed by atoms with Crippen molar-refractivity contribution in [2.24, 2.45) is 0 Å². The summed E-state index contributed by atoms with van der Waals surface area (Å²) in [5, 5.41) is 6.29. The molecule has 0 atom stereocenters. The van der Waals surface area contributed by atoms with Gasteiger partial charge in [0.15, 0.2) is 0 Å². The molecule has 0 aromatic heterocycles. The van der Waals surface area contributed by atoms with E-state index in [0.29, 0.717) is 18.8 Å². The van der Waals surface area contributed by atoms with Gasteiger partial charge in [0.2, 0.25) is 0 Å². The summed E-state index contributed by atoms with van der Waals surface area (Å²) in [5.41, 5.74) is 6.24. The molecule has 0 aliphatic carbocycles. The fourth-order valence-corrected chi connectivity index (χ4v) is 2.90. The van der Waals surface area contributed by atoms with Crippen LogP contribution in [-0.4, -0.2) is 12.5 Å². The molecule has 4 nitrogen and oxygen atoms in total. The largest absolute Gasteiger partial charge is 0.384 e. The first-order valence-electron chi connectivity index (χ1n) is 7.17. The molecule has 0 fully saturated rings. The Balaban J connectivity index is 1.55. The molecule has 0 radical (unpaired) electrons. The van der Waals surface area contributed by atoms with Crippen LogP contribution in [0.15, 0.2) is 36.4 Å². The van der Waals surface area contributed by atoms with Crippen LogP contribution >= 0.6 is 0 Å². The van der Waals surface area contributed by atoms with Crippen LogP contribution in [0, 0.1) is 0 Å². The minimum Gasteiger partial charge on any atom is -0.384 e. The molecule has 2 N–H and O–H groups in total. The van der Waals surface area contributed by atoms with E-state index < -0.39 is 0 Å². The molecule has 0 saturated heterocycles. The summed E-state index contributed by atoms with van der Waals surface area (Å²) in [7, 11) is 0. The lowest BCUT2D eigenvalue weighted by Crippen LogP contribution is -2.12. The molecule has 1 amide bonds. The van der Waals surface area contributed by atoms with Gasteiger partial charge in [0.1, 0.15) is 0 Å². The molecule has 2 heterocycles. The number of rotatable bonds is 2. The van der Waals surface area contributed by atoms with Crippen LogP contribution in [0.1, 0.15) is 27.0 Å². The van der Waals surface area contributed by atoms with Gasteiger partial charge in [0.25, 0.3) is 5.91 Å². The van der Waals surface area contributed by atoms with Crippen molar-refractivity contribution in [3.63, 3.8) is 0 Å². The van der Waals surface area contributed by atoms with Gasteiger partial charge in [-0.1, -0.05) is 6.07 Å². The van der Waals surface area contributed by atoms with E-state index in [-0.39, 0.29) is 5.91 Å². The van der Waals surface area contributed by atoms with E-state index in [0.717, 1.165) is 24.2 Å². The summed E-state index contributed by atoms with van der Waals surface area (Å²) < 4.78 is 5.38. The minimum atomic E-state index is -0.0735. The van der Waals surface area contributed by atoms with Crippen LogP contribution in [0.25, 0.3) is 0 Å². The second-order valence-electron chi connectivity index (χ2n) is 5.48. The molecule has 0 bridgehead atoms. The number of ether oxygens (including phenoxy) is 1. The lowest BCUT2D eigenvalue weighted by molar-refractivity contribution is 0.102. The molecule has 2 aliphatic rings. The van der Waals surface area contributed by atoms with Crippen molar-refractivity contribution >= 4 is 17.3 Å². The van der Waals surface area contributed by atoms with Gasteiger partial charge in [0, 0.05) is 23.5 Å². The van der Waals surface area contributed by atoms with Crippen LogP contribution in [0.3, 0.4) is 0 Å². The minimum absolute atomic E-state index is 0.0735. The van der Waals surface area contributed by atoms with Crippen molar-refractivity contribution in [1.82, 2.24) is 0 Å². The van der Waals surface area contributed by atoms with Crippen molar-refractivity contribution in [2.75, 3.05) is 17.2 Å². The van der Waals surface area contributed by atoms with Crippen LogP contribution in [0.5, 0.6) is 0 Å². The van der Waals surface area contributed by atoms with E-state index >= 15 is 0 Å². The Labute approximate surface area is 123 Å². The van der Waals surface area contributed by atoms with E-state index in [9.17, 15) is 4.79 Å².